The minimum Gasteiger partial charge on any atom is -0.296 e. The largest absolute Gasteiger partial charge is 0.296 e. The lowest BCUT2D eigenvalue weighted by Gasteiger charge is -2.24. The number of nitrogens with one attached hydrogen (secondary N) is 1. The lowest BCUT2D eigenvalue weighted by Crippen LogP contribution is -2.30. The van der Waals surface area contributed by atoms with Gasteiger partial charge in [0.1, 0.15) is 14.1 Å². The van der Waals surface area contributed by atoms with Gasteiger partial charge in [0.25, 0.3) is 0 Å². The normalized spacial score (nSPS) is 12.9. The molecule has 3 aromatic rings. The third kappa shape index (κ3) is 5.09. The molecule has 0 aliphatic rings. The highest BCUT2D eigenvalue weighted by atomic mass is 32.1. The molecule has 0 aliphatic carbocycles. The maximum Gasteiger partial charge on any atom is 0.205 e. The van der Waals surface area contributed by atoms with Crippen LogP contribution in [-0.4, -0.2) is 8.07 Å². The number of hydrogen-bond donors (Lipinski definition) is 1. The van der Waals surface area contributed by atoms with Crippen molar-refractivity contribution < 1.29 is 4.57 Å². The van der Waals surface area contributed by atoms with Crippen LogP contribution >= 0.6 is 18.6 Å². The zero-order chi connectivity index (χ0) is 19.3. The summed E-state index contributed by atoms with van der Waals surface area (Å²) in [6.07, 6.45) is 0. The molecule has 1 N–H and O–H groups in total. The van der Waals surface area contributed by atoms with Crippen LogP contribution in [0.25, 0.3) is 0 Å². The van der Waals surface area contributed by atoms with E-state index >= 15 is 0 Å². The molecule has 0 bridgehead atoms. The Morgan fingerprint density at radius 1 is 0.889 bits per heavy atom. The molecular weight excluding hydrogens is 385 g/mol. The first-order chi connectivity index (χ1) is 12.9. The second-order valence-electron chi connectivity index (χ2n) is 7.38. The van der Waals surface area contributed by atoms with Gasteiger partial charge in [-0.2, -0.15) is 0 Å². The van der Waals surface area contributed by atoms with Gasteiger partial charge in [-0.15, -0.1) is 16.9 Å². The van der Waals surface area contributed by atoms with Gasteiger partial charge in [-0.05, 0) is 35.7 Å². The Hall–Kier alpha value is -1.89. The molecule has 0 saturated heterocycles. The Kier molecular flexibility index (Phi) is 6.19. The Morgan fingerprint density at radius 3 is 1.89 bits per heavy atom. The standard InChI is InChI=1S/C22H24NOPSSi/c1-27(2,3)18-16-21(22-15-10-17-26-22)23-25(24,19-11-6-4-7-12-19)20-13-8-5-9-14-20/h4-15,17,21H,1-3H3,(H,23,24)/t21-/m1/s1. The summed E-state index contributed by atoms with van der Waals surface area (Å²) in [7, 11) is -4.59. The monoisotopic (exact) mass is 409 g/mol. The molecule has 1 heterocycles. The zero-order valence-electron chi connectivity index (χ0n) is 15.8. The van der Waals surface area contributed by atoms with E-state index < -0.39 is 15.4 Å². The fourth-order valence-corrected chi connectivity index (χ4v) is 6.40. The van der Waals surface area contributed by atoms with Crippen molar-refractivity contribution in [3.8, 4) is 11.5 Å². The van der Waals surface area contributed by atoms with Crippen molar-refractivity contribution in [2.75, 3.05) is 0 Å². The molecule has 0 saturated carbocycles. The van der Waals surface area contributed by atoms with Crippen LogP contribution in [0, 0.1) is 11.5 Å². The van der Waals surface area contributed by atoms with E-state index in [1.165, 1.54) is 0 Å². The van der Waals surface area contributed by atoms with Crippen LogP contribution in [0.15, 0.2) is 78.2 Å². The van der Waals surface area contributed by atoms with Gasteiger partial charge in [0.05, 0.1) is 0 Å². The third-order valence-electron chi connectivity index (χ3n) is 3.97. The van der Waals surface area contributed by atoms with E-state index in [-0.39, 0.29) is 6.04 Å². The number of hydrogen-bond acceptors (Lipinski definition) is 2. The summed E-state index contributed by atoms with van der Waals surface area (Å²) in [4.78, 5) is 1.09. The van der Waals surface area contributed by atoms with Crippen molar-refractivity contribution >= 4 is 37.3 Å². The summed E-state index contributed by atoms with van der Waals surface area (Å²) in [5.41, 5.74) is 3.45. The minimum atomic E-state index is -3.03. The van der Waals surface area contributed by atoms with Crippen molar-refractivity contribution in [2.24, 2.45) is 0 Å². The van der Waals surface area contributed by atoms with E-state index in [0.717, 1.165) is 15.5 Å². The fourth-order valence-electron chi connectivity index (χ4n) is 2.67. The maximum atomic E-state index is 14.3. The van der Waals surface area contributed by atoms with E-state index in [4.69, 9.17) is 0 Å². The first-order valence-electron chi connectivity index (χ1n) is 8.94. The fraction of sp³-hybridized carbons (Fsp3) is 0.182. The van der Waals surface area contributed by atoms with E-state index in [1.807, 2.05) is 72.1 Å². The van der Waals surface area contributed by atoms with Crippen LogP contribution in [0.2, 0.25) is 19.6 Å². The molecular formula is C22H24NOPSSi. The summed E-state index contributed by atoms with van der Waals surface area (Å²) in [5, 5.41) is 7.09. The van der Waals surface area contributed by atoms with Crippen LogP contribution in [0.1, 0.15) is 10.9 Å². The molecule has 0 spiro atoms. The smallest absolute Gasteiger partial charge is 0.205 e. The quantitative estimate of drug-likeness (QED) is 0.357. The second-order valence-corrected chi connectivity index (χ2v) is 15.6. The Balaban J connectivity index is 2.09. The average Bonchev–Trinajstić information content (AvgIpc) is 3.20. The number of thiophene rings is 1. The van der Waals surface area contributed by atoms with Crippen LogP contribution in [0.4, 0.5) is 0 Å². The molecule has 0 radical (unpaired) electrons. The number of benzene rings is 2. The van der Waals surface area contributed by atoms with Gasteiger partial charge >= 0.3 is 0 Å². The minimum absolute atomic E-state index is 0.261. The first-order valence-corrected chi connectivity index (χ1v) is 15.0. The summed E-state index contributed by atoms with van der Waals surface area (Å²) in [5.74, 6) is 3.40. The van der Waals surface area contributed by atoms with Crippen molar-refractivity contribution in [2.45, 2.75) is 25.7 Å². The molecule has 27 heavy (non-hydrogen) atoms. The predicted octanol–water partition coefficient (Wildman–Crippen LogP) is 5.19. The zero-order valence-corrected chi connectivity index (χ0v) is 18.6. The Labute approximate surface area is 167 Å². The maximum absolute atomic E-state index is 14.3. The summed E-state index contributed by atoms with van der Waals surface area (Å²) in [6.45, 7) is 6.67. The molecule has 2 aromatic carbocycles. The van der Waals surface area contributed by atoms with Gasteiger partial charge in [-0.3, -0.25) is 4.57 Å². The topological polar surface area (TPSA) is 29.1 Å². The third-order valence-corrected chi connectivity index (χ3v) is 8.47. The second kappa shape index (κ2) is 8.42. The van der Waals surface area contributed by atoms with Crippen molar-refractivity contribution in [1.82, 2.24) is 5.09 Å². The molecule has 0 amide bonds. The molecule has 138 valence electrons. The van der Waals surface area contributed by atoms with E-state index in [1.54, 1.807) is 11.3 Å². The summed E-state index contributed by atoms with van der Waals surface area (Å²) < 4.78 is 14.3. The van der Waals surface area contributed by atoms with Gasteiger partial charge < -0.3 is 0 Å². The Morgan fingerprint density at radius 2 is 1.44 bits per heavy atom. The van der Waals surface area contributed by atoms with Gasteiger partial charge in [-0.25, -0.2) is 5.09 Å². The van der Waals surface area contributed by atoms with Gasteiger partial charge in [-0.1, -0.05) is 68.0 Å². The highest BCUT2D eigenvalue weighted by Gasteiger charge is 2.30. The molecule has 0 aliphatic heterocycles. The van der Waals surface area contributed by atoms with Crippen LogP contribution in [0.3, 0.4) is 0 Å². The van der Waals surface area contributed by atoms with Crippen LogP contribution < -0.4 is 15.7 Å². The van der Waals surface area contributed by atoms with E-state index in [2.05, 4.69) is 42.3 Å². The van der Waals surface area contributed by atoms with Crippen molar-refractivity contribution in [1.29, 1.82) is 0 Å². The first kappa shape index (κ1) is 19.9. The Bertz CT molecular complexity index is 926. The molecule has 0 unspecified atom stereocenters. The molecule has 2 nitrogen and oxygen atoms in total. The van der Waals surface area contributed by atoms with Crippen LogP contribution in [0.5, 0.6) is 0 Å². The highest BCUT2D eigenvalue weighted by molar-refractivity contribution is 7.77. The van der Waals surface area contributed by atoms with Crippen molar-refractivity contribution in [3.63, 3.8) is 0 Å². The van der Waals surface area contributed by atoms with Crippen LogP contribution in [-0.2, 0) is 4.57 Å². The molecule has 1 atom stereocenters. The summed E-state index contributed by atoms with van der Waals surface area (Å²) >= 11 is 1.64. The summed E-state index contributed by atoms with van der Waals surface area (Å²) in [6, 6.07) is 23.1. The molecule has 0 fully saturated rings. The van der Waals surface area contributed by atoms with E-state index in [0.29, 0.717) is 0 Å². The van der Waals surface area contributed by atoms with Gasteiger partial charge in [0.15, 0.2) is 0 Å². The average molecular weight is 410 g/mol. The predicted molar refractivity (Wildman–Crippen MR) is 121 cm³/mol. The van der Waals surface area contributed by atoms with E-state index in [9.17, 15) is 4.57 Å². The SMILES string of the molecule is C[Si](C)(C)C#C[C@@H](NP(=O)(c1ccccc1)c1ccccc1)c1cccs1. The molecule has 3 rings (SSSR count). The molecule has 1 aromatic heterocycles. The lowest BCUT2D eigenvalue weighted by atomic mass is 10.3. The highest BCUT2D eigenvalue weighted by Crippen LogP contribution is 2.42. The number of rotatable bonds is 5. The molecule has 5 heteroatoms. The van der Waals surface area contributed by atoms with Gasteiger partial charge in [0.2, 0.25) is 7.29 Å². The van der Waals surface area contributed by atoms with Gasteiger partial charge in [0, 0.05) is 15.5 Å². The lowest BCUT2D eigenvalue weighted by molar-refractivity contribution is 0.575. The van der Waals surface area contributed by atoms with Crippen molar-refractivity contribution in [3.05, 3.63) is 83.1 Å².